The van der Waals surface area contributed by atoms with E-state index in [1.54, 1.807) is 10.3 Å². The van der Waals surface area contributed by atoms with Gasteiger partial charge in [0.15, 0.2) is 5.78 Å². The second-order valence-corrected chi connectivity index (χ2v) is 4.67. The van der Waals surface area contributed by atoms with Crippen LogP contribution in [0.2, 0.25) is 0 Å². The number of allylic oxidation sites excluding steroid dienone is 1. The van der Waals surface area contributed by atoms with Crippen LogP contribution in [0.3, 0.4) is 0 Å². The first-order chi connectivity index (χ1) is 5.63. The third-order valence-electron chi connectivity index (χ3n) is 1.92. The lowest BCUT2D eigenvalue weighted by molar-refractivity contribution is -0.139. The van der Waals surface area contributed by atoms with Crippen LogP contribution < -0.4 is 0 Å². The summed E-state index contributed by atoms with van der Waals surface area (Å²) in [5, 5.41) is 1.86. The SMILES string of the molecule is CC(=O)C1=CS[C@@H]2[C@@H](Br)C(=O)N12. The fraction of sp³-hybridized carbons (Fsp3) is 0.429. The van der Waals surface area contributed by atoms with Gasteiger partial charge in [0.1, 0.15) is 10.2 Å². The minimum atomic E-state index is -0.115. The number of halogens is 1. The number of carbonyl (C=O) groups excluding carboxylic acids is 2. The van der Waals surface area contributed by atoms with Gasteiger partial charge in [-0.3, -0.25) is 14.5 Å². The maximum Gasteiger partial charge on any atom is 0.244 e. The highest BCUT2D eigenvalue weighted by Gasteiger charge is 2.51. The molecule has 0 spiro atoms. The highest BCUT2D eigenvalue weighted by molar-refractivity contribution is 9.10. The number of thioether (sulfide) groups is 1. The van der Waals surface area contributed by atoms with Gasteiger partial charge in [0.05, 0.1) is 5.70 Å². The van der Waals surface area contributed by atoms with Crippen molar-refractivity contribution in [3.63, 3.8) is 0 Å². The fourth-order valence-electron chi connectivity index (χ4n) is 1.26. The summed E-state index contributed by atoms with van der Waals surface area (Å²) in [4.78, 5) is 23.7. The molecule has 2 aliphatic rings. The summed E-state index contributed by atoms with van der Waals surface area (Å²) in [6.07, 6.45) is 0. The summed E-state index contributed by atoms with van der Waals surface area (Å²) in [6, 6.07) is 0. The first kappa shape index (κ1) is 8.31. The predicted molar refractivity (Wildman–Crippen MR) is 49.7 cm³/mol. The number of amides is 1. The molecule has 0 saturated carbocycles. The van der Waals surface area contributed by atoms with Crippen molar-refractivity contribution in [2.24, 2.45) is 0 Å². The Morgan fingerprint density at radius 1 is 1.75 bits per heavy atom. The Kier molecular flexibility index (Phi) is 1.80. The monoisotopic (exact) mass is 247 g/mol. The Balaban J connectivity index is 2.23. The molecule has 0 radical (unpaired) electrons. The van der Waals surface area contributed by atoms with Crippen LogP contribution in [-0.2, 0) is 9.59 Å². The van der Waals surface area contributed by atoms with Crippen molar-refractivity contribution in [2.45, 2.75) is 17.1 Å². The van der Waals surface area contributed by atoms with E-state index < -0.39 is 0 Å². The Morgan fingerprint density at radius 2 is 2.42 bits per heavy atom. The third kappa shape index (κ3) is 0.894. The number of Topliss-reactive ketones (excluding diaryl/α,β-unsaturated/α-hetero) is 1. The topological polar surface area (TPSA) is 37.4 Å². The molecule has 0 unspecified atom stereocenters. The number of ketones is 1. The molecule has 0 aromatic carbocycles. The van der Waals surface area contributed by atoms with Crippen LogP contribution in [0.4, 0.5) is 0 Å². The second-order valence-electron chi connectivity index (χ2n) is 2.70. The van der Waals surface area contributed by atoms with Gasteiger partial charge in [0, 0.05) is 12.3 Å². The van der Waals surface area contributed by atoms with E-state index in [4.69, 9.17) is 0 Å². The van der Waals surface area contributed by atoms with Crippen molar-refractivity contribution in [1.29, 1.82) is 0 Å². The second kappa shape index (κ2) is 2.60. The smallest absolute Gasteiger partial charge is 0.244 e. The van der Waals surface area contributed by atoms with Crippen molar-refractivity contribution in [3.8, 4) is 0 Å². The molecule has 2 atom stereocenters. The van der Waals surface area contributed by atoms with Gasteiger partial charge >= 0.3 is 0 Å². The standard InChI is InChI=1S/C7H6BrNO2S/c1-3(10)4-2-12-7-5(8)6(11)9(4)7/h2,5,7H,1H3/t5-,7+/m0/s1. The van der Waals surface area contributed by atoms with Crippen molar-refractivity contribution >= 4 is 39.4 Å². The van der Waals surface area contributed by atoms with Gasteiger partial charge in [-0.2, -0.15) is 0 Å². The Labute approximate surface area is 82.3 Å². The molecule has 5 heteroatoms. The van der Waals surface area contributed by atoms with E-state index in [1.807, 2.05) is 0 Å². The predicted octanol–water partition coefficient (Wildman–Crippen LogP) is 1.10. The number of β-lactam (4-membered cyclic amide) rings is 1. The summed E-state index contributed by atoms with van der Waals surface area (Å²) in [5.41, 5.74) is 0.533. The average molecular weight is 248 g/mol. The van der Waals surface area contributed by atoms with E-state index in [-0.39, 0.29) is 21.9 Å². The molecular weight excluding hydrogens is 242 g/mol. The Morgan fingerprint density at radius 3 is 3.00 bits per heavy atom. The lowest BCUT2D eigenvalue weighted by Gasteiger charge is -2.39. The lowest BCUT2D eigenvalue weighted by atomic mass is 10.1. The molecule has 12 heavy (non-hydrogen) atoms. The fourth-order valence-corrected chi connectivity index (χ4v) is 3.23. The van der Waals surface area contributed by atoms with Gasteiger partial charge in [-0.25, -0.2) is 0 Å². The minimum Gasteiger partial charge on any atom is -0.293 e. The molecule has 3 nitrogen and oxygen atoms in total. The van der Waals surface area contributed by atoms with Crippen molar-refractivity contribution in [1.82, 2.24) is 4.90 Å². The molecule has 0 aromatic heterocycles. The quantitative estimate of drug-likeness (QED) is 0.515. The van der Waals surface area contributed by atoms with Gasteiger partial charge in [0.2, 0.25) is 5.91 Å². The Hall–Kier alpha value is -0.290. The van der Waals surface area contributed by atoms with Gasteiger partial charge < -0.3 is 0 Å². The molecule has 0 N–H and O–H groups in total. The number of carbonyl (C=O) groups is 2. The van der Waals surface area contributed by atoms with Crippen molar-refractivity contribution in [3.05, 3.63) is 11.1 Å². The van der Waals surface area contributed by atoms with Crippen LogP contribution in [0.15, 0.2) is 11.1 Å². The summed E-state index contributed by atoms with van der Waals surface area (Å²) in [5.74, 6) is -0.0517. The summed E-state index contributed by atoms with van der Waals surface area (Å²) in [7, 11) is 0. The van der Waals surface area contributed by atoms with Crippen LogP contribution in [-0.4, -0.2) is 26.8 Å². The van der Waals surface area contributed by atoms with Crippen molar-refractivity contribution < 1.29 is 9.59 Å². The molecule has 2 heterocycles. The van der Waals surface area contributed by atoms with E-state index in [0.29, 0.717) is 5.70 Å². The van der Waals surface area contributed by atoms with Crippen LogP contribution in [0.25, 0.3) is 0 Å². The molecular formula is C7H6BrNO2S. The first-order valence-corrected chi connectivity index (χ1v) is 5.32. The van der Waals surface area contributed by atoms with Gasteiger partial charge in [-0.05, 0) is 0 Å². The normalized spacial score (nSPS) is 32.7. The summed E-state index contributed by atoms with van der Waals surface area (Å²) in [6.45, 7) is 1.48. The zero-order chi connectivity index (χ0) is 8.88. The highest BCUT2D eigenvalue weighted by Crippen LogP contribution is 2.44. The van der Waals surface area contributed by atoms with Crippen LogP contribution >= 0.6 is 27.7 Å². The zero-order valence-corrected chi connectivity index (χ0v) is 8.68. The van der Waals surface area contributed by atoms with E-state index in [9.17, 15) is 9.59 Å². The molecule has 0 aliphatic carbocycles. The van der Waals surface area contributed by atoms with E-state index in [0.717, 1.165) is 0 Å². The van der Waals surface area contributed by atoms with Crippen molar-refractivity contribution in [2.75, 3.05) is 0 Å². The molecule has 0 bridgehead atoms. The van der Waals surface area contributed by atoms with Crippen LogP contribution in [0, 0.1) is 0 Å². The van der Waals surface area contributed by atoms with Gasteiger partial charge in [-0.1, -0.05) is 15.9 Å². The average Bonchev–Trinajstić information content (AvgIpc) is 2.43. The van der Waals surface area contributed by atoms with E-state index >= 15 is 0 Å². The largest absolute Gasteiger partial charge is 0.293 e. The van der Waals surface area contributed by atoms with Gasteiger partial charge in [-0.15, -0.1) is 11.8 Å². The number of hydrogen-bond acceptors (Lipinski definition) is 3. The van der Waals surface area contributed by atoms with E-state index in [1.165, 1.54) is 18.7 Å². The third-order valence-corrected chi connectivity index (χ3v) is 4.28. The number of rotatable bonds is 1. The molecule has 1 amide bonds. The summed E-state index contributed by atoms with van der Waals surface area (Å²) < 4.78 is 0. The number of nitrogens with zero attached hydrogens (tertiary/aromatic N) is 1. The molecule has 0 aromatic rings. The molecule has 1 fully saturated rings. The number of hydrogen-bond donors (Lipinski definition) is 0. The zero-order valence-electron chi connectivity index (χ0n) is 6.28. The lowest BCUT2D eigenvalue weighted by Crippen LogP contribution is -2.58. The molecule has 2 rings (SSSR count). The van der Waals surface area contributed by atoms with E-state index in [2.05, 4.69) is 15.9 Å². The van der Waals surface area contributed by atoms with Crippen LogP contribution in [0.5, 0.6) is 0 Å². The highest BCUT2D eigenvalue weighted by atomic mass is 79.9. The molecule has 1 saturated heterocycles. The maximum atomic E-state index is 11.2. The Bertz CT molecular complexity index is 302. The van der Waals surface area contributed by atoms with Crippen LogP contribution in [0.1, 0.15) is 6.92 Å². The maximum absolute atomic E-state index is 11.2. The molecule has 64 valence electrons. The number of fused-ring (bicyclic) bond motifs is 1. The first-order valence-electron chi connectivity index (χ1n) is 3.46. The van der Waals surface area contributed by atoms with Gasteiger partial charge in [0.25, 0.3) is 0 Å². The minimum absolute atomic E-state index is 0.00792. The molecule has 2 aliphatic heterocycles. The summed E-state index contributed by atoms with van der Waals surface area (Å²) >= 11 is 4.77. The number of alkyl halides is 1.